The maximum Gasteiger partial charge on any atom is 0.0700 e. The Balaban J connectivity index is 1.60. The molecule has 2 heterocycles. The highest BCUT2D eigenvalue weighted by atomic mass is 16.5. The van der Waals surface area contributed by atoms with Gasteiger partial charge in [-0.25, -0.2) is 0 Å². The lowest BCUT2D eigenvalue weighted by Gasteiger charge is -2.24. The first-order valence-electron chi connectivity index (χ1n) is 5.38. The number of ether oxygens (including phenoxy) is 2. The molecule has 0 bridgehead atoms. The molecule has 3 nitrogen and oxygen atoms in total. The first-order valence-corrected chi connectivity index (χ1v) is 5.38. The molecular formula is C10H19NO2. The van der Waals surface area contributed by atoms with Crippen molar-refractivity contribution in [2.75, 3.05) is 26.4 Å². The van der Waals surface area contributed by atoms with Crippen molar-refractivity contribution in [1.29, 1.82) is 0 Å². The van der Waals surface area contributed by atoms with Crippen LogP contribution in [-0.2, 0) is 9.47 Å². The highest BCUT2D eigenvalue weighted by Gasteiger charge is 2.18. The van der Waals surface area contributed by atoms with Crippen LogP contribution >= 0.6 is 0 Å². The van der Waals surface area contributed by atoms with Gasteiger partial charge in [0.25, 0.3) is 0 Å². The van der Waals surface area contributed by atoms with Crippen LogP contribution in [0.2, 0.25) is 0 Å². The number of rotatable bonds is 3. The van der Waals surface area contributed by atoms with E-state index in [0.717, 1.165) is 39.2 Å². The van der Waals surface area contributed by atoms with Crippen LogP contribution in [0.1, 0.15) is 25.7 Å². The van der Waals surface area contributed by atoms with Gasteiger partial charge in [0.2, 0.25) is 0 Å². The Morgan fingerprint density at radius 1 is 1.08 bits per heavy atom. The van der Waals surface area contributed by atoms with Crippen molar-refractivity contribution in [2.24, 2.45) is 0 Å². The summed E-state index contributed by atoms with van der Waals surface area (Å²) in [7, 11) is 0. The van der Waals surface area contributed by atoms with Gasteiger partial charge in [0.1, 0.15) is 0 Å². The van der Waals surface area contributed by atoms with E-state index in [-0.39, 0.29) is 0 Å². The maximum atomic E-state index is 5.55. The smallest absolute Gasteiger partial charge is 0.0700 e. The van der Waals surface area contributed by atoms with Crippen LogP contribution in [0.5, 0.6) is 0 Å². The van der Waals surface area contributed by atoms with Crippen LogP contribution in [0.4, 0.5) is 0 Å². The largest absolute Gasteiger partial charge is 0.381 e. The summed E-state index contributed by atoms with van der Waals surface area (Å²) in [4.78, 5) is 0. The molecule has 2 aliphatic rings. The van der Waals surface area contributed by atoms with Crippen LogP contribution < -0.4 is 5.32 Å². The summed E-state index contributed by atoms with van der Waals surface area (Å²) in [5.74, 6) is 0. The average molecular weight is 185 g/mol. The molecule has 2 aliphatic heterocycles. The predicted molar refractivity (Wildman–Crippen MR) is 50.8 cm³/mol. The lowest BCUT2D eigenvalue weighted by Crippen LogP contribution is -2.39. The van der Waals surface area contributed by atoms with Crippen molar-refractivity contribution in [3.05, 3.63) is 0 Å². The van der Waals surface area contributed by atoms with Crippen LogP contribution in [0.15, 0.2) is 0 Å². The number of nitrogens with one attached hydrogen (secondary N) is 1. The summed E-state index contributed by atoms with van der Waals surface area (Å²) in [5.41, 5.74) is 0. The van der Waals surface area contributed by atoms with E-state index in [1.807, 2.05) is 0 Å². The van der Waals surface area contributed by atoms with E-state index in [4.69, 9.17) is 9.47 Å². The molecule has 13 heavy (non-hydrogen) atoms. The Morgan fingerprint density at radius 3 is 2.62 bits per heavy atom. The van der Waals surface area contributed by atoms with E-state index in [1.165, 1.54) is 12.8 Å². The van der Waals surface area contributed by atoms with Gasteiger partial charge in [0.15, 0.2) is 0 Å². The Bertz CT molecular complexity index is 140. The van der Waals surface area contributed by atoms with E-state index in [1.54, 1.807) is 0 Å². The van der Waals surface area contributed by atoms with Crippen LogP contribution in [0.3, 0.4) is 0 Å². The Kier molecular flexibility index (Phi) is 3.58. The van der Waals surface area contributed by atoms with Crippen molar-refractivity contribution < 1.29 is 9.47 Å². The third-order valence-corrected chi connectivity index (χ3v) is 2.88. The topological polar surface area (TPSA) is 30.5 Å². The first-order chi connectivity index (χ1) is 6.45. The van der Waals surface area contributed by atoms with Crippen molar-refractivity contribution in [2.45, 2.75) is 37.8 Å². The number of hydrogen-bond donors (Lipinski definition) is 1. The summed E-state index contributed by atoms with van der Waals surface area (Å²) in [5, 5.41) is 3.56. The fourth-order valence-electron chi connectivity index (χ4n) is 2.01. The second-order valence-electron chi connectivity index (χ2n) is 3.93. The van der Waals surface area contributed by atoms with Gasteiger partial charge in [-0.15, -0.1) is 0 Å². The Hall–Kier alpha value is -0.120. The molecule has 3 heteroatoms. The van der Waals surface area contributed by atoms with Crippen molar-refractivity contribution in [3.8, 4) is 0 Å². The molecule has 0 aliphatic carbocycles. The molecule has 0 amide bonds. The minimum Gasteiger partial charge on any atom is -0.381 e. The molecule has 0 unspecified atom stereocenters. The summed E-state index contributed by atoms with van der Waals surface area (Å²) in [6.07, 6.45) is 5.26. The van der Waals surface area contributed by atoms with Crippen molar-refractivity contribution >= 4 is 0 Å². The molecule has 2 saturated heterocycles. The zero-order chi connectivity index (χ0) is 8.93. The molecule has 1 atom stereocenters. The standard InChI is InChI=1S/C10H19NO2/c1-2-10(13-5-1)8-11-9-3-6-12-7-4-9/h9-11H,1-8H2/t10-/m0/s1. The lowest BCUT2D eigenvalue weighted by atomic mass is 10.1. The third kappa shape index (κ3) is 2.93. The summed E-state index contributed by atoms with van der Waals surface area (Å²) >= 11 is 0. The van der Waals surface area contributed by atoms with Gasteiger partial charge in [-0.2, -0.15) is 0 Å². The lowest BCUT2D eigenvalue weighted by molar-refractivity contribution is 0.0669. The molecule has 0 spiro atoms. The highest BCUT2D eigenvalue weighted by molar-refractivity contribution is 4.74. The van der Waals surface area contributed by atoms with Gasteiger partial charge in [-0.05, 0) is 25.7 Å². The summed E-state index contributed by atoms with van der Waals surface area (Å²) in [6.45, 7) is 3.83. The maximum absolute atomic E-state index is 5.55. The zero-order valence-electron chi connectivity index (χ0n) is 8.13. The zero-order valence-corrected chi connectivity index (χ0v) is 8.13. The monoisotopic (exact) mass is 185 g/mol. The van der Waals surface area contributed by atoms with Crippen LogP contribution in [0, 0.1) is 0 Å². The van der Waals surface area contributed by atoms with E-state index >= 15 is 0 Å². The normalized spacial score (nSPS) is 30.9. The second kappa shape index (κ2) is 4.94. The average Bonchev–Trinajstić information content (AvgIpc) is 2.69. The van der Waals surface area contributed by atoms with Gasteiger partial charge in [0.05, 0.1) is 6.10 Å². The van der Waals surface area contributed by atoms with Gasteiger partial charge < -0.3 is 14.8 Å². The quantitative estimate of drug-likeness (QED) is 0.709. The van der Waals surface area contributed by atoms with Gasteiger partial charge in [0, 0.05) is 32.4 Å². The molecule has 0 aromatic carbocycles. The van der Waals surface area contributed by atoms with Crippen molar-refractivity contribution in [3.63, 3.8) is 0 Å². The SMILES string of the molecule is C1CO[C@H](CNC2CCOCC2)C1. The van der Waals surface area contributed by atoms with E-state index in [2.05, 4.69) is 5.32 Å². The molecule has 0 aromatic rings. The first kappa shape index (κ1) is 9.44. The third-order valence-electron chi connectivity index (χ3n) is 2.88. The Labute approximate surface area is 79.8 Å². The molecule has 0 aromatic heterocycles. The summed E-state index contributed by atoms with van der Waals surface area (Å²) < 4.78 is 10.9. The van der Waals surface area contributed by atoms with Gasteiger partial charge in [-0.1, -0.05) is 0 Å². The highest BCUT2D eigenvalue weighted by Crippen LogP contribution is 2.12. The minimum absolute atomic E-state index is 0.475. The molecule has 0 radical (unpaired) electrons. The molecule has 2 fully saturated rings. The van der Waals surface area contributed by atoms with Gasteiger partial charge in [-0.3, -0.25) is 0 Å². The van der Waals surface area contributed by atoms with Crippen LogP contribution in [0.25, 0.3) is 0 Å². The molecular weight excluding hydrogens is 166 g/mol. The molecule has 0 saturated carbocycles. The number of hydrogen-bond acceptors (Lipinski definition) is 3. The van der Waals surface area contributed by atoms with E-state index < -0.39 is 0 Å². The van der Waals surface area contributed by atoms with Gasteiger partial charge >= 0.3 is 0 Å². The molecule has 1 N–H and O–H groups in total. The molecule has 76 valence electrons. The predicted octanol–water partition coefficient (Wildman–Crippen LogP) is 0.934. The van der Waals surface area contributed by atoms with E-state index in [9.17, 15) is 0 Å². The van der Waals surface area contributed by atoms with Crippen molar-refractivity contribution in [1.82, 2.24) is 5.32 Å². The fraction of sp³-hybridized carbons (Fsp3) is 1.00. The minimum atomic E-state index is 0.475. The van der Waals surface area contributed by atoms with Crippen LogP contribution in [-0.4, -0.2) is 38.5 Å². The Morgan fingerprint density at radius 2 is 1.92 bits per heavy atom. The second-order valence-corrected chi connectivity index (χ2v) is 3.93. The molecule has 2 rings (SSSR count). The fourth-order valence-corrected chi connectivity index (χ4v) is 2.01. The summed E-state index contributed by atoms with van der Waals surface area (Å²) in [6, 6.07) is 0.665. The van der Waals surface area contributed by atoms with E-state index in [0.29, 0.717) is 12.1 Å².